The number of benzene rings is 2. The standard InChI is InChI=1S/C24H24N2O3S2/c25-24(27)20-11-18(17-6-8-30-14-17)10-19-21(13-26-23(19)20)16-7-9-31(28,29)22(12-16)15-4-2-1-3-5-15/h1-6,8,10-11,13-14,16,22,26,28-29H,7,9,12H2,(H2,25,27)/t16-,22+/m1/s1. The molecule has 0 radical (unpaired) electrons. The van der Waals surface area contributed by atoms with E-state index in [-0.39, 0.29) is 11.2 Å². The normalized spacial score (nSPS) is 21.7. The summed E-state index contributed by atoms with van der Waals surface area (Å²) in [7, 11) is -2.70. The minimum absolute atomic E-state index is 0.150. The molecule has 0 spiro atoms. The van der Waals surface area contributed by atoms with Gasteiger partial charge in [0.2, 0.25) is 0 Å². The molecule has 5 nitrogen and oxygen atoms in total. The molecule has 2 atom stereocenters. The summed E-state index contributed by atoms with van der Waals surface area (Å²) in [5.74, 6) is 0.0596. The number of amides is 1. The first-order chi connectivity index (χ1) is 14.9. The van der Waals surface area contributed by atoms with E-state index in [1.807, 2.05) is 54.0 Å². The second kappa shape index (κ2) is 7.84. The van der Waals surface area contributed by atoms with E-state index < -0.39 is 16.5 Å². The molecule has 3 heterocycles. The highest BCUT2D eigenvalue weighted by Gasteiger charge is 2.36. The maximum Gasteiger partial charge on any atom is 0.250 e. The van der Waals surface area contributed by atoms with Crippen LogP contribution >= 0.6 is 21.9 Å². The van der Waals surface area contributed by atoms with Crippen molar-refractivity contribution in [2.75, 3.05) is 5.75 Å². The molecule has 0 unspecified atom stereocenters. The van der Waals surface area contributed by atoms with E-state index in [0.717, 1.165) is 33.2 Å². The Labute approximate surface area is 186 Å². The Morgan fingerprint density at radius 2 is 1.94 bits per heavy atom. The number of primary amides is 1. The average Bonchev–Trinajstić information content (AvgIpc) is 3.44. The molecule has 1 saturated heterocycles. The monoisotopic (exact) mass is 452 g/mol. The van der Waals surface area contributed by atoms with Gasteiger partial charge in [0, 0.05) is 17.3 Å². The summed E-state index contributed by atoms with van der Waals surface area (Å²) < 4.78 is 21.5. The number of hydrogen-bond acceptors (Lipinski definition) is 4. The quantitative estimate of drug-likeness (QED) is 0.290. The molecule has 1 amide bonds. The van der Waals surface area contributed by atoms with Crippen LogP contribution in [0.3, 0.4) is 0 Å². The van der Waals surface area contributed by atoms with Gasteiger partial charge in [-0.05, 0) is 70.0 Å². The van der Waals surface area contributed by atoms with Crippen LogP contribution in [0.25, 0.3) is 22.0 Å². The Morgan fingerprint density at radius 3 is 2.65 bits per heavy atom. The van der Waals surface area contributed by atoms with E-state index >= 15 is 0 Å². The predicted molar refractivity (Wildman–Crippen MR) is 129 cm³/mol. The molecule has 4 aromatic rings. The van der Waals surface area contributed by atoms with Crippen LogP contribution in [-0.2, 0) is 0 Å². The Kier molecular flexibility index (Phi) is 5.14. The fourth-order valence-corrected chi connectivity index (χ4v) is 7.39. The third-order valence-electron chi connectivity index (χ3n) is 6.27. The summed E-state index contributed by atoms with van der Waals surface area (Å²) >= 11 is 1.61. The van der Waals surface area contributed by atoms with Gasteiger partial charge in [0.25, 0.3) is 5.91 Å². The molecular formula is C24H24N2O3S2. The van der Waals surface area contributed by atoms with E-state index in [1.54, 1.807) is 11.3 Å². The Balaban J connectivity index is 1.59. The minimum Gasteiger partial charge on any atom is -0.366 e. The van der Waals surface area contributed by atoms with E-state index in [9.17, 15) is 13.9 Å². The van der Waals surface area contributed by atoms with Gasteiger partial charge < -0.3 is 10.7 Å². The second-order valence-corrected chi connectivity index (χ2v) is 11.3. The number of H-pyrrole nitrogens is 1. The van der Waals surface area contributed by atoms with E-state index in [4.69, 9.17) is 5.73 Å². The van der Waals surface area contributed by atoms with Crippen LogP contribution in [0, 0.1) is 0 Å². The first kappa shape index (κ1) is 20.3. The lowest BCUT2D eigenvalue weighted by Crippen LogP contribution is -2.23. The third-order valence-corrected chi connectivity index (χ3v) is 9.17. The molecule has 0 saturated carbocycles. The molecule has 2 aromatic carbocycles. The van der Waals surface area contributed by atoms with Gasteiger partial charge in [0.05, 0.1) is 16.3 Å². The number of fused-ring (bicyclic) bond motifs is 1. The van der Waals surface area contributed by atoms with Crippen molar-refractivity contribution in [2.24, 2.45) is 5.73 Å². The summed E-state index contributed by atoms with van der Waals surface area (Å²) in [5.41, 5.74) is 11.0. The molecule has 160 valence electrons. The van der Waals surface area contributed by atoms with E-state index in [0.29, 0.717) is 24.2 Å². The zero-order valence-corrected chi connectivity index (χ0v) is 18.5. The van der Waals surface area contributed by atoms with Crippen LogP contribution in [-0.4, -0.2) is 25.7 Å². The van der Waals surface area contributed by atoms with Gasteiger partial charge in [-0.15, -0.1) is 0 Å². The lowest BCUT2D eigenvalue weighted by Gasteiger charge is -2.46. The molecule has 2 aromatic heterocycles. The van der Waals surface area contributed by atoms with Crippen LogP contribution in [0.15, 0.2) is 65.5 Å². The number of rotatable bonds is 4. The molecule has 1 fully saturated rings. The van der Waals surface area contributed by atoms with Crippen molar-refractivity contribution in [3.63, 3.8) is 0 Å². The van der Waals surface area contributed by atoms with Crippen molar-refractivity contribution in [1.29, 1.82) is 0 Å². The molecule has 0 bridgehead atoms. The van der Waals surface area contributed by atoms with Crippen molar-refractivity contribution >= 4 is 38.7 Å². The van der Waals surface area contributed by atoms with Crippen LogP contribution in [0.5, 0.6) is 0 Å². The zero-order valence-electron chi connectivity index (χ0n) is 16.8. The molecule has 0 aliphatic carbocycles. The van der Waals surface area contributed by atoms with Gasteiger partial charge in [0.1, 0.15) is 0 Å². The van der Waals surface area contributed by atoms with Crippen LogP contribution < -0.4 is 5.73 Å². The van der Waals surface area contributed by atoms with Gasteiger partial charge in [-0.2, -0.15) is 21.9 Å². The fourth-order valence-electron chi connectivity index (χ4n) is 4.67. The Bertz CT molecular complexity index is 1230. The lowest BCUT2D eigenvalue weighted by molar-refractivity contribution is 0.100. The topological polar surface area (TPSA) is 99.3 Å². The van der Waals surface area contributed by atoms with Crippen LogP contribution in [0.2, 0.25) is 0 Å². The van der Waals surface area contributed by atoms with Crippen molar-refractivity contribution in [3.05, 3.63) is 82.2 Å². The van der Waals surface area contributed by atoms with Crippen molar-refractivity contribution in [3.8, 4) is 11.1 Å². The molecule has 1 aliphatic heterocycles. The number of hydrogen-bond donors (Lipinski definition) is 4. The number of carbonyl (C=O) groups is 1. The van der Waals surface area contributed by atoms with Gasteiger partial charge in [0.15, 0.2) is 0 Å². The number of nitrogens with two attached hydrogens (primary N) is 1. The fraction of sp³-hybridized carbons (Fsp3) is 0.208. The summed E-state index contributed by atoms with van der Waals surface area (Å²) in [6, 6.07) is 15.7. The molecule has 5 N–H and O–H groups in total. The van der Waals surface area contributed by atoms with Crippen LogP contribution in [0.4, 0.5) is 0 Å². The number of thiophene rings is 1. The SMILES string of the molecule is NC(=O)c1cc(-c2ccsc2)cc2c([C@@H]3CCS(O)(O)[C@H](c4ccccc4)C3)c[nH]c12. The molecule has 5 rings (SSSR count). The number of aromatic nitrogens is 1. The van der Waals surface area contributed by atoms with Crippen LogP contribution in [0.1, 0.15) is 45.5 Å². The summed E-state index contributed by atoms with van der Waals surface area (Å²) in [4.78, 5) is 15.5. The molecule has 31 heavy (non-hydrogen) atoms. The Hall–Kier alpha value is -2.58. The van der Waals surface area contributed by atoms with Gasteiger partial charge in [-0.3, -0.25) is 13.9 Å². The highest BCUT2D eigenvalue weighted by Crippen LogP contribution is 2.62. The maximum absolute atomic E-state index is 12.2. The molecular weight excluding hydrogens is 428 g/mol. The van der Waals surface area contributed by atoms with Gasteiger partial charge in [-0.1, -0.05) is 30.3 Å². The molecule has 1 aliphatic rings. The lowest BCUT2D eigenvalue weighted by atomic mass is 9.88. The summed E-state index contributed by atoms with van der Waals surface area (Å²) in [6.07, 6.45) is 3.29. The van der Waals surface area contributed by atoms with Crippen molar-refractivity contribution < 1.29 is 13.9 Å². The molecule has 7 heteroatoms. The largest absolute Gasteiger partial charge is 0.366 e. The predicted octanol–water partition coefficient (Wildman–Crippen LogP) is 6.36. The minimum atomic E-state index is -2.70. The van der Waals surface area contributed by atoms with E-state index in [2.05, 4.69) is 16.4 Å². The average molecular weight is 453 g/mol. The van der Waals surface area contributed by atoms with Gasteiger partial charge in [-0.25, -0.2) is 0 Å². The first-order valence-electron chi connectivity index (χ1n) is 10.2. The van der Waals surface area contributed by atoms with Crippen molar-refractivity contribution in [2.45, 2.75) is 24.0 Å². The van der Waals surface area contributed by atoms with Gasteiger partial charge >= 0.3 is 0 Å². The number of aromatic amines is 1. The Morgan fingerprint density at radius 1 is 1.13 bits per heavy atom. The summed E-state index contributed by atoms with van der Waals surface area (Å²) in [5, 5.41) is 4.75. The highest BCUT2D eigenvalue weighted by molar-refractivity contribution is 8.24. The second-order valence-electron chi connectivity index (χ2n) is 8.11. The maximum atomic E-state index is 12.2. The van der Waals surface area contributed by atoms with E-state index in [1.165, 1.54) is 0 Å². The van der Waals surface area contributed by atoms with Crippen molar-refractivity contribution in [1.82, 2.24) is 4.98 Å². The third kappa shape index (κ3) is 3.68. The highest BCUT2D eigenvalue weighted by atomic mass is 32.3. The zero-order chi connectivity index (χ0) is 21.6. The summed E-state index contributed by atoms with van der Waals surface area (Å²) in [6.45, 7) is 0. The smallest absolute Gasteiger partial charge is 0.250 e. The number of carbonyl (C=O) groups excluding carboxylic acids is 1. The first-order valence-corrected chi connectivity index (χ1v) is 12.9. The number of nitrogens with one attached hydrogen (secondary N) is 1.